The fourth-order valence-corrected chi connectivity index (χ4v) is 0.916. The molecule has 0 aromatic heterocycles. The summed E-state index contributed by atoms with van der Waals surface area (Å²) in [5.41, 5.74) is 2.04. The standard InChI is InChI=1S/C8H11F.C2H6/c1-6-3-4-7(2)8(9)5-6;1-2/h5H,3-4H2,1-2H3;1-2H3. The second-order valence-electron chi connectivity index (χ2n) is 2.62. The average Bonchev–Trinajstić information content (AvgIpc) is 2.02. The minimum absolute atomic E-state index is 0.0289. The molecule has 1 aliphatic carbocycles. The lowest BCUT2D eigenvalue weighted by Crippen LogP contribution is -1.90. The second kappa shape index (κ2) is 5.11. The van der Waals surface area contributed by atoms with Crippen LogP contribution in [0.15, 0.2) is 23.0 Å². The SMILES string of the molecule is CC.CC1=CC(F)=C(C)CC1. The lowest BCUT2D eigenvalue weighted by molar-refractivity contribution is 0.630. The number of halogens is 1. The molecule has 0 nitrogen and oxygen atoms in total. The predicted octanol–water partition coefficient (Wildman–Crippen LogP) is 4.00. The summed E-state index contributed by atoms with van der Waals surface area (Å²) in [6.07, 6.45) is 3.55. The smallest absolute Gasteiger partial charge is 0.122 e. The van der Waals surface area contributed by atoms with Gasteiger partial charge in [-0.05, 0) is 38.3 Å². The van der Waals surface area contributed by atoms with Gasteiger partial charge in [0.15, 0.2) is 0 Å². The summed E-state index contributed by atoms with van der Waals surface area (Å²) in [7, 11) is 0. The third-order valence-electron chi connectivity index (χ3n) is 1.68. The van der Waals surface area contributed by atoms with Crippen LogP contribution in [0.25, 0.3) is 0 Å². The molecule has 1 rings (SSSR count). The molecule has 0 atom stereocenters. The van der Waals surface area contributed by atoms with Gasteiger partial charge < -0.3 is 0 Å². The van der Waals surface area contributed by atoms with E-state index in [-0.39, 0.29) is 5.83 Å². The molecular weight excluding hydrogens is 139 g/mol. The van der Waals surface area contributed by atoms with Gasteiger partial charge in [0.05, 0.1) is 0 Å². The number of hydrogen-bond acceptors (Lipinski definition) is 0. The lowest BCUT2D eigenvalue weighted by Gasteiger charge is -2.08. The Labute approximate surface area is 68.8 Å². The Kier molecular flexibility index (Phi) is 4.84. The van der Waals surface area contributed by atoms with Crippen molar-refractivity contribution in [3.05, 3.63) is 23.0 Å². The first-order chi connectivity index (χ1) is 5.20. The highest BCUT2D eigenvalue weighted by molar-refractivity contribution is 5.26. The van der Waals surface area contributed by atoms with Crippen molar-refractivity contribution in [3.63, 3.8) is 0 Å². The van der Waals surface area contributed by atoms with Gasteiger partial charge in [0, 0.05) is 0 Å². The Balaban J connectivity index is 0.000000461. The van der Waals surface area contributed by atoms with E-state index in [1.807, 2.05) is 27.7 Å². The molecule has 1 aliphatic rings. The molecule has 0 heterocycles. The van der Waals surface area contributed by atoms with Crippen molar-refractivity contribution < 1.29 is 4.39 Å². The minimum Gasteiger partial charge on any atom is -0.207 e. The topological polar surface area (TPSA) is 0 Å². The monoisotopic (exact) mass is 156 g/mol. The zero-order valence-corrected chi connectivity index (χ0v) is 7.87. The van der Waals surface area contributed by atoms with Crippen molar-refractivity contribution in [3.8, 4) is 0 Å². The maximum Gasteiger partial charge on any atom is 0.122 e. The fraction of sp³-hybridized carbons (Fsp3) is 0.600. The number of hydrogen-bond donors (Lipinski definition) is 0. The van der Waals surface area contributed by atoms with Crippen molar-refractivity contribution in [2.45, 2.75) is 40.5 Å². The van der Waals surface area contributed by atoms with E-state index in [0.717, 1.165) is 24.0 Å². The molecule has 0 N–H and O–H groups in total. The molecule has 1 heteroatoms. The highest BCUT2D eigenvalue weighted by Gasteiger charge is 2.05. The van der Waals surface area contributed by atoms with Gasteiger partial charge in [-0.3, -0.25) is 0 Å². The summed E-state index contributed by atoms with van der Waals surface area (Å²) in [6, 6.07) is 0. The minimum atomic E-state index is -0.0289. The van der Waals surface area contributed by atoms with Crippen molar-refractivity contribution in [1.82, 2.24) is 0 Å². The molecule has 0 spiro atoms. The summed E-state index contributed by atoms with van der Waals surface area (Å²) >= 11 is 0. The highest BCUT2D eigenvalue weighted by Crippen LogP contribution is 2.23. The highest BCUT2D eigenvalue weighted by atomic mass is 19.1. The van der Waals surface area contributed by atoms with Gasteiger partial charge in [0.2, 0.25) is 0 Å². The molecule has 11 heavy (non-hydrogen) atoms. The Morgan fingerprint density at radius 2 is 1.73 bits per heavy atom. The third kappa shape index (κ3) is 3.35. The molecule has 0 saturated heterocycles. The van der Waals surface area contributed by atoms with E-state index < -0.39 is 0 Å². The van der Waals surface area contributed by atoms with E-state index in [9.17, 15) is 4.39 Å². The van der Waals surface area contributed by atoms with E-state index in [0.29, 0.717) is 0 Å². The molecular formula is C10H17F. The quantitative estimate of drug-likeness (QED) is 0.497. The summed E-state index contributed by atoms with van der Waals surface area (Å²) < 4.78 is 12.6. The number of allylic oxidation sites excluding steroid dienone is 4. The van der Waals surface area contributed by atoms with Crippen molar-refractivity contribution in [1.29, 1.82) is 0 Å². The van der Waals surface area contributed by atoms with Crippen LogP contribution < -0.4 is 0 Å². The van der Waals surface area contributed by atoms with Gasteiger partial charge in [-0.1, -0.05) is 19.4 Å². The van der Waals surface area contributed by atoms with E-state index in [2.05, 4.69) is 0 Å². The molecule has 0 aromatic carbocycles. The van der Waals surface area contributed by atoms with Crippen LogP contribution in [0.2, 0.25) is 0 Å². The fourth-order valence-electron chi connectivity index (χ4n) is 0.916. The van der Waals surface area contributed by atoms with Gasteiger partial charge in [-0.25, -0.2) is 4.39 Å². The Morgan fingerprint density at radius 1 is 1.18 bits per heavy atom. The molecule has 0 bridgehead atoms. The molecule has 0 amide bonds. The van der Waals surface area contributed by atoms with Gasteiger partial charge in [-0.15, -0.1) is 0 Å². The van der Waals surface area contributed by atoms with Gasteiger partial charge in [-0.2, -0.15) is 0 Å². The van der Waals surface area contributed by atoms with Crippen LogP contribution in [0.5, 0.6) is 0 Å². The van der Waals surface area contributed by atoms with Gasteiger partial charge in [0.25, 0.3) is 0 Å². The largest absolute Gasteiger partial charge is 0.207 e. The molecule has 0 fully saturated rings. The molecule has 0 unspecified atom stereocenters. The molecule has 0 aromatic rings. The Morgan fingerprint density at radius 3 is 2.09 bits per heavy atom. The molecule has 0 radical (unpaired) electrons. The van der Waals surface area contributed by atoms with Crippen molar-refractivity contribution in [2.75, 3.05) is 0 Å². The second-order valence-corrected chi connectivity index (χ2v) is 2.62. The first kappa shape index (κ1) is 10.4. The van der Waals surface area contributed by atoms with Crippen LogP contribution >= 0.6 is 0 Å². The van der Waals surface area contributed by atoms with E-state index >= 15 is 0 Å². The molecule has 0 aliphatic heterocycles. The summed E-state index contributed by atoms with van der Waals surface area (Å²) in [4.78, 5) is 0. The first-order valence-electron chi connectivity index (χ1n) is 4.22. The third-order valence-corrected chi connectivity index (χ3v) is 1.68. The Hall–Kier alpha value is -0.590. The zero-order valence-electron chi connectivity index (χ0n) is 7.87. The maximum absolute atomic E-state index is 12.6. The average molecular weight is 156 g/mol. The zero-order chi connectivity index (χ0) is 8.85. The maximum atomic E-state index is 12.6. The normalized spacial score (nSPS) is 17.0. The summed E-state index contributed by atoms with van der Waals surface area (Å²) in [5.74, 6) is -0.0289. The van der Waals surface area contributed by atoms with E-state index in [1.165, 1.54) is 0 Å². The lowest BCUT2D eigenvalue weighted by atomic mass is 10.0. The van der Waals surface area contributed by atoms with Gasteiger partial charge >= 0.3 is 0 Å². The van der Waals surface area contributed by atoms with Crippen LogP contribution in [0.4, 0.5) is 4.39 Å². The first-order valence-corrected chi connectivity index (χ1v) is 4.22. The van der Waals surface area contributed by atoms with Crippen molar-refractivity contribution in [2.24, 2.45) is 0 Å². The van der Waals surface area contributed by atoms with Crippen LogP contribution in [0, 0.1) is 0 Å². The van der Waals surface area contributed by atoms with Crippen LogP contribution in [-0.2, 0) is 0 Å². The van der Waals surface area contributed by atoms with Crippen LogP contribution in [0.1, 0.15) is 40.5 Å². The van der Waals surface area contributed by atoms with Crippen molar-refractivity contribution >= 4 is 0 Å². The van der Waals surface area contributed by atoms with Gasteiger partial charge in [0.1, 0.15) is 5.83 Å². The molecule has 64 valence electrons. The number of rotatable bonds is 0. The van der Waals surface area contributed by atoms with Crippen LogP contribution in [0.3, 0.4) is 0 Å². The Bertz CT molecular complexity index is 175. The summed E-state index contributed by atoms with van der Waals surface area (Å²) in [6.45, 7) is 7.81. The van der Waals surface area contributed by atoms with E-state index in [1.54, 1.807) is 6.08 Å². The van der Waals surface area contributed by atoms with Crippen LogP contribution in [-0.4, -0.2) is 0 Å². The van der Waals surface area contributed by atoms with E-state index in [4.69, 9.17) is 0 Å². The predicted molar refractivity (Wildman–Crippen MR) is 48.1 cm³/mol. The summed E-state index contributed by atoms with van der Waals surface area (Å²) in [5, 5.41) is 0. The molecule has 0 saturated carbocycles.